The van der Waals surface area contributed by atoms with Gasteiger partial charge in [0.1, 0.15) is 16.3 Å². The first kappa shape index (κ1) is 25.5. The summed E-state index contributed by atoms with van der Waals surface area (Å²) in [6.07, 6.45) is 6.89. The van der Waals surface area contributed by atoms with E-state index in [1.165, 1.54) is 11.3 Å². The van der Waals surface area contributed by atoms with Gasteiger partial charge in [-0.25, -0.2) is 0 Å². The Bertz CT molecular complexity index is 1840. The van der Waals surface area contributed by atoms with E-state index >= 15 is 0 Å². The summed E-state index contributed by atoms with van der Waals surface area (Å²) < 4.78 is 0. The molecule has 206 valence electrons. The third-order valence-electron chi connectivity index (χ3n) is 8.18. The molecule has 1 aliphatic heterocycles. The summed E-state index contributed by atoms with van der Waals surface area (Å²) in [6, 6.07) is 17.9. The average molecular weight is 564 g/mol. The second-order valence-electron chi connectivity index (χ2n) is 10.7. The molecular formula is C32H29N5O3S. The number of pyridine rings is 1. The number of hydrogen-bond donors (Lipinski definition) is 3. The summed E-state index contributed by atoms with van der Waals surface area (Å²) in [5.41, 5.74) is 5.43. The third-order valence-corrected chi connectivity index (χ3v) is 9.09. The van der Waals surface area contributed by atoms with Crippen molar-refractivity contribution in [2.75, 3.05) is 27.4 Å². The molecule has 3 heterocycles. The van der Waals surface area contributed by atoms with Crippen LogP contribution in [0.5, 0.6) is 0 Å². The zero-order chi connectivity index (χ0) is 27.9. The quantitative estimate of drug-likeness (QED) is 0.205. The van der Waals surface area contributed by atoms with Crippen LogP contribution >= 0.6 is 11.3 Å². The Labute approximate surface area is 240 Å². The number of fused-ring (bicyclic) bond motifs is 2. The number of benzene rings is 2. The lowest BCUT2D eigenvalue weighted by Crippen LogP contribution is -2.41. The molecule has 2 aromatic heterocycles. The van der Waals surface area contributed by atoms with Crippen molar-refractivity contribution in [1.82, 2.24) is 4.98 Å². The number of thiophene rings is 1. The molecule has 0 unspecified atom stereocenters. The van der Waals surface area contributed by atoms with Crippen LogP contribution in [0, 0.1) is 0 Å². The highest BCUT2D eigenvalue weighted by Crippen LogP contribution is 2.39. The molecule has 8 nitrogen and oxygen atoms in total. The maximum absolute atomic E-state index is 13.4. The number of carbonyl (C=O) groups excluding carboxylic acids is 1. The van der Waals surface area contributed by atoms with Gasteiger partial charge in [0.2, 0.25) is 0 Å². The molecule has 0 radical (unpaired) electrons. The van der Waals surface area contributed by atoms with Crippen molar-refractivity contribution in [3.8, 4) is 0 Å². The van der Waals surface area contributed by atoms with E-state index in [4.69, 9.17) is 0 Å². The van der Waals surface area contributed by atoms with E-state index in [1.807, 2.05) is 58.8 Å². The highest BCUT2D eigenvalue weighted by Gasteiger charge is 2.32. The zero-order valence-electron chi connectivity index (χ0n) is 22.4. The van der Waals surface area contributed by atoms with Crippen LogP contribution in [0.25, 0.3) is 10.9 Å². The van der Waals surface area contributed by atoms with E-state index in [0.717, 1.165) is 65.5 Å². The molecule has 0 spiro atoms. The van der Waals surface area contributed by atoms with Gasteiger partial charge in [-0.1, -0.05) is 37.1 Å². The SMILES string of the molecule is O=C(Nc1ccc2c(c1)N(c1c(NC3CCCC3)c(=O)c1=O)CC2)c1sccc1NCc1ccnc2ccccc12. The molecule has 1 amide bonds. The van der Waals surface area contributed by atoms with Gasteiger partial charge in [0, 0.05) is 42.1 Å². The van der Waals surface area contributed by atoms with E-state index < -0.39 is 10.9 Å². The highest BCUT2D eigenvalue weighted by atomic mass is 32.1. The van der Waals surface area contributed by atoms with Crippen LogP contribution in [0.3, 0.4) is 0 Å². The molecule has 1 aliphatic carbocycles. The number of hydrogen-bond acceptors (Lipinski definition) is 8. The fraction of sp³-hybridized carbons (Fsp3) is 0.250. The lowest BCUT2D eigenvalue weighted by Gasteiger charge is -2.26. The summed E-state index contributed by atoms with van der Waals surface area (Å²) >= 11 is 1.38. The topological polar surface area (TPSA) is 103 Å². The Balaban J connectivity index is 1.08. The third kappa shape index (κ3) is 4.66. The summed E-state index contributed by atoms with van der Waals surface area (Å²) in [4.78, 5) is 45.4. The van der Waals surface area contributed by atoms with Crippen LogP contribution in [-0.4, -0.2) is 23.5 Å². The smallest absolute Gasteiger partial charge is 0.267 e. The second-order valence-corrected chi connectivity index (χ2v) is 11.6. The number of rotatable bonds is 8. The number of aromatic nitrogens is 1. The Morgan fingerprint density at radius 3 is 2.76 bits per heavy atom. The molecule has 5 aromatic rings. The van der Waals surface area contributed by atoms with E-state index in [0.29, 0.717) is 35.0 Å². The Morgan fingerprint density at radius 2 is 1.88 bits per heavy atom. The zero-order valence-corrected chi connectivity index (χ0v) is 23.2. The van der Waals surface area contributed by atoms with Crippen LogP contribution in [0.15, 0.2) is 75.8 Å². The van der Waals surface area contributed by atoms with Gasteiger partial charge in [0.15, 0.2) is 0 Å². The van der Waals surface area contributed by atoms with E-state index in [9.17, 15) is 14.4 Å². The maximum atomic E-state index is 13.4. The molecule has 1 fully saturated rings. The molecule has 1 saturated carbocycles. The molecule has 7 rings (SSSR count). The standard InChI is InChI=1S/C32H29N5O3S/c38-29-27(35-21-5-1-2-6-21)28(30(29)39)37-15-12-19-9-10-22(17-26(19)37)36-32(40)31-25(13-16-41-31)34-18-20-11-14-33-24-8-4-3-7-23(20)24/h3-4,7-11,13-14,16-17,21,34-35H,1-2,5-6,12,15,18H2,(H,36,40). The second kappa shape index (κ2) is 10.5. The maximum Gasteiger partial charge on any atom is 0.267 e. The minimum Gasteiger partial charge on any atom is -0.380 e. The Kier molecular flexibility index (Phi) is 6.51. The molecule has 3 aromatic carbocycles. The van der Waals surface area contributed by atoms with Crippen molar-refractivity contribution in [3.05, 3.63) is 103 Å². The first-order chi connectivity index (χ1) is 20.1. The van der Waals surface area contributed by atoms with Gasteiger partial charge in [-0.3, -0.25) is 19.4 Å². The van der Waals surface area contributed by atoms with Crippen molar-refractivity contribution in [3.63, 3.8) is 0 Å². The predicted octanol–water partition coefficient (Wildman–Crippen LogP) is 5.81. The molecule has 0 bridgehead atoms. The molecule has 41 heavy (non-hydrogen) atoms. The van der Waals surface area contributed by atoms with E-state index in [-0.39, 0.29) is 11.9 Å². The Hall–Kier alpha value is -4.50. The molecule has 9 heteroatoms. The molecule has 3 N–H and O–H groups in total. The van der Waals surface area contributed by atoms with Crippen molar-refractivity contribution in [2.24, 2.45) is 0 Å². The van der Waals surface area contributed by atoms with Crippen molar-refractivity contribution in [1.29, 1.82) is 0 Å². The van der Waals surface area contributed by atoms with Gasteiger partial charge in [-0.05, 0) is 66.1 Å². The molecule has 2 aliphatic rings. The number of nitrogens with zero attached hydrogens (tertiary/aromatic N) is 2. The average Bonchev–Trinajstić information content (AvgIpc) is 3.77. The van der Waals surface area contributed by atoms with E-state index in [2.05, 4.69) is 27.0 Å². The fourth-order valence-corrected chi connectivity index (χ4v) is 6.81. The minimum atomic E-state index is -0.441. The lowest BCUT2D eigenvalue weighted by atomic mass is 10.1. The van der Waals surface area contributed by atoms with Crippen LogP contribution in [0.1, 0.15) is 46.5 Å². The van der Waals surface area contributed by atoms with Crippen molar-refractivity contribution in [2.45, 2.75) is 44.7 Å². The number of anilines is 5. The van der Waals surface area contributed by atoms with Crippen LogP contribution in [-0.2, 0) is 13.0 Å². The normalized spacial score (nSPS) is 15.0. The number of nitrogens with one attached hydrogen (secondary N) is 3. The van der Waals surface area contributed by atoms with E-state index in [1.54, 1.807) is 6.20 Å². The highest BCUT2D eigenvalue weighted by molar-refractivity contribution is 7.12. The fourth-order valence-electron chi connectivity index (χ4n) is 6.05. The van der Waals surface area contributed by atoms with Crippen molar-refractivity contribution >= 4 is 56.6 Å². The number of para-hydroxylation sites is 1. The summed E-state index contributed by atoms with van der Waals surface area (Å²) in [5.74, 6) is -0.204. The summed E-state index contributed by atoms with van der Waals surface area (Å²) in [5, 5.41) is 12.8. The molecule has 0 atom stereocenters. The first-order valence-corrected chi connectivity index (χ1v) is 14.9. The first-order valence-electron chi connectivity index (χ1n) is 14.0. The van der Waals surface area contributed by atoms with Crippen LogP contribution < -0.4 is 31.7 Å². The Morgan fingerprint density at radius 1 is 1.02 bits per heavy atom. The minimum absolute atomic E-state index is 0.204. The molecule has 0 saturated heterocycles. The van der Waals surface area contributed by atoms with Gasteiger partial charge in [-0.2, -0.15) is 0 Å². The van der Waals surface area contributed by atoms with Crippen molar-refractivity contribution < 1.29 is 4.79 Å². The molecular weight excluding hydrogens is 534 g/mol. The van der Waals surface area contributed by atoms with Gasteiger partial charge < -0.3 is 20.9 Å². The van der Waals surface area contributed by atoms with Gasteiger partial charge in [-0.15, -0.1) is 11.3 Å². The number of carbonyl (C=O) groups is 1. The van der Waals surface area contributed by atoms with Crippen LogP contribution in [0.4, 0.5) is 28.4 Å². The summed E-state index contributed by atoms with van der Waals surface area (Å²) in [7, 11) is 0. The van der Waals surface area contributed by atoms with Gasteiger partial charge in [0.25, 0.3) is 16.8 Å². The predicted molar refractivity (Wildman–Crippen MR) is 166 cm³/mol. The monoisotopic (exact) mass is 563 g/mol. The number of amides is 1. The summed E-state index contributed by atoms with van der Waals surface area (Å²) in [6.45, 7) is 1.19. The van der Waals surface area contributed by atoms with Crippen LogP contribution in [0.2, 0.25) is 0 Å². The van der Waals surface area contributed by atoms with Gasteiger partial charge >= 0.3 is 0 Å². The lowest BCUT2D eigenvalue weighted by molar-refractivity contribution is 0.103. The van der Waals surface area contributed by atoms with Gasteiger partial charge in [0.05, 0.1) is 11.2 Å². The largest absolute Gasteiger partial charge is 0.380 e.